The second kappa shape index (κ2) is 9.83. The Kier molecular flexibility index (Phi) is 7.19. The second-order valence-corrected chi connectivity index (χ2v) is 7.43. The van der Waals surface area contributed by atoms with E-state index in [2.05, 4.69) is 11.9 Å². The van der Waals surface area contributed by atoms with Gasteiger partial charge in [-0.3, -0.25) is 4.79 Å². The molecule has 2 heterocycles. The number of nitrogens with zero attached hydrogens (tertiary/aromatic N) is 1. The van der Waals surface area contributed by atoms with Crippen LogP contribution in [-0.4, -0.2) is 17.6 Å². The summed E-state index contributed by atoms with van der Waals surface area (Å²) in [5, 5.41) is 0.788. The molecule has 0 saturated carbocycles. The molecule has 1 unspecified atom stereocenters. The molecule has 3 aromatic rings. The van der Waals surface area contributed by atoms with Crippen LogP contribution in [0.4, 0.5) is 4.39 Å². The molecule has 160 valence electrons. The number of aryl methyl sites for hydroxylation is 2. The number of halogens is 1. The first-order valence-electron chi connectivity index (χ1n) is 10.7. The van der Waals surface area contributed by atoms with Crippen molar-refractivity contribution in [2.24, 2.45) is 0 Å². The average molecular weight is 413 g/mol. The Morgan fingerprint density at radius 1 is 1.13 bits per heavy atom. The lowest BCUT2D eigenvalue weighted by Gasteiger charge is -2.13. The third-order valence-corrected chi connectivity index (χ3v) is 5.28. The second-order valence-electron chi connectivity index (χ2n) is 7.43. The first-order valence-corrected chi connectivity index (χ1v) is 10.7. The smallest absolute Gasteiger partial charge is 0.347 e. The minimum absolute atomic E-state index is 0.0230. The van der Waals surface area contributed by atoms with Gasteiger partial charge in [0.2, 0.25) is 17.3 Å². The van der Waals surface area contributed by atoms with Crippen molar-refractivity contribution >= 4 is 28.0 Å². The number of benzene rings is 1. The van der Waals surface area contributed by atoms with E-state index >= 15 is 0 Å². The summed E-state index contributed by atoms with van der Waals surface area (Å²) >= 11 is 0. The number of esters is 1. The van der Waals surface area contributed by atoms with Crippen LogP contribution < -0.4 is 5.43 Å². The van der Waals surface area contributed by atoms with E-state index in [4.69, 9.17) is 9.15 Å². The van der Waals surface area contributed by atoms with Crippen LogP contribution in [0.25, 0.3) is 22.1 Å². The largest absolute Gasteiger partial charge is 0.464 e. The predicted molar refractivity (Wildman–Crippen MR) is 115 cm³/mol. The van der Waals surface area contributed by atoms with E-state index in [1.165, 1.54) is 0 Å². The van der Waals surface area contributed by atoms with Gasteiger partial charge in [0.1, 0.15) is 5.58 Å². The fraction of sp³-hybridized carbons (Fsp3) is 0.458. The molecular formula is C24H28FNO4. The predicted octanol–water partition coefficient (Wildman–Crippen LogP) is 5.60. The monoisotopic (exact) mass is 413 g/mol. The molecule has 3 rings (SSSR count). The maximum absolute atomic E-state index is 14.9. The van der Waals surface area contributed by atoms with Crippen LogP contribution in [0, 0.1) is 0 Å². The molecule has 1 atom stereocenters. The van der Waals surface area contributed by atoms with Crippen LogP contribution in [0.5, 0.6) is 0 Å². The van der Waals surface area contributed by atoms with Crippen molar-refractivity contribution in [2.45, 2.75) is 65.5 Å². The highest BCUT2D eigenvalue weighted by atomic mass is 19.1. The van der Waals surface area contributed by atoms with Crippen molar-refractivity contribution in [3.8, 4) is 0 Å². The van der Waals surface area contributed by atoms with Gasteiger partial charge in [-0.05, 0) is 55.5 Å². The molecule has 0 aliphatic carbocycles. The molecule has 1 aromatic carbocycles. The maximum Gasteiger partial charge on any atom is 0.347 e. The number of alkyl halides is 1. The fourth-order valence-corrected chi connectivity index (χ4v) is 3.59. The van der Waals surface area contributed by atoms with E-state index in [-0.39, 0.29) is 23.4 Å². The Morgan fingerprint density at radius 3 is 2.63 bits per heavy atom. The Balaban J connectivity index is 2.15. The zero-order valence-electron chi connectivity index (χ0n) is 17.8. The summed E-state index contributed by atoms with van der Waals surface area (Å²) in [6.07, 6.45) is 3.27. The van der Waals surface area contributed by atoms with Crippen molar-refractivity contribution < 1.29 is 18.3 Å². The summed E-state index contributed by atoms with van der Waals surface area (Å²) in [5.41, 5.74) is 1.80. The normalized spacial score (nSPS) is 12.4. The number of ether oxygens (including phenoxy) is 1. The van der Waals surface area contributed by atoms with Crippen LogP contribution in [0.2, 0.25) is 0 Å². The Hall–Kier alpha value is -2.76. The van der Waals surface area contributed by atoms with Crippen molar-refractivity contribution in [2.75, 3.05) is 6.61 Å². The molecule has 30 heavy (non-hydrogen) atoms. The van der Waals surface area contributed by atoms with Crippen molar-refractivity contribution in [1.29, 1.82) is 0 Å². The van der Waals surface area contributed by atoms with Gasteiger partial charge in [0, 0.05) is 0 Å². The zero-order chi connectivity index (χ0) is 21.7. The molecule has 0 fully saturated rings. The number of hydrogen-bond acceptors (Lipinski definition) is 5. The summed E-state index contributed by atoms with van der Waals surface area (Å²) in [6, 6.07) is 7.08. The van der Waals surface area contributed by atoms with Gasteiger partial charge in [0.25, 0.3) is 0 Å². The minimum Gasteiger partial charge on any atom is -0.464 e. The summed E-state index contributed by atoms with van der Waals surface area (Å²) in [6.45, 7) is 5.84. The highest BCUT2D eigenvalue weighted by molar-refractivity contribution is 5.89. The lowest BCUT2D eigenvalue weighted by atomic mass is 10.0. The molecule has 5 nitrogen and oxygen atoms in total. The molecule has 0 spiro atoms. The van der Waals surface area contributed by atoms with Crippen molar-refractivity contribution in [3.63, 3.8) is 0 Å². The number of aromatic nitrogens is 1. The molecule has 0 aliphatic rings. The number of rotatable bonds is 9. The molecule has 2 aromatic heterocycles. The van der Waals surface area contributed by atoms with Crippen LogP contribution in [-0.2, 0) is 22.4 Å². The zero-order valence-corrected chi connectivity index (χ0v) is 17.8. The van der Waals surface area contributed by atoms with Crippen LogP contribution in [0.1, 0.15) is 69.4 Å². The van der Waals surface area contributed by atoms with Gasteiger partial charge in [-0.1, -0.05) is 39.2 Å². The maximum atomic E-state index is 14.9. The highest BCUT2D eigenvalue weighted by Gasteiger charge is 2.27. The van der Waals surface area contributed by atoms with Gasteiger partial charge in [0.15, 0.2) is 0 Å². The highest BCUT2D eigenvalue weighted by Crippen LogP contribution is 2.27. The number of hydrogen-bond donors (Lipinski definition) is 0. The number of pyridine rings is 1. The van der Waals surface area contributed by atoms with Gasteiger partial charge < -0.3 is 9.15 Å². The molecular weight excluding hydrogens is 385 g/mol. The van der Waals surface area contributed by atoms with E-state index in [1.54, 1.807) is 19.1 Å². The lowest BCUT2D eigenvalue weighted by Crippen LogP contribution is -2.16. The topological polar surface area (TPSA) is 69.4 Å². The van der Waals surface area contributed by atoms with Crippen LogP contribution in [0.15, 0.2) is 33.5 Å². The first-order chi connectivity index (χ1) is 14.5. The van der Waals surface area contributed by atoms with E-state index in [0.29, 0.717) is 28.3 Å². The molecule has 0 amide bonds. The molecule has 0 bridgehead atoms. The third-order valence-electron chi connectivity index (χ3n) is 5.28. The number of unbranched alkanes of at least 4 members (excludes halogenated alkanes) is 3. The molecule has 0 N–H and O–H groups in total. The molecule has 0 aliphatic heterocycles. The summed E-state index contributed by atoms with van der Waals surface area (Å²) < 4.78 is 25.6. The quantitative estimate of drug-likeness (QED) is 0.259. The fourth-order valence-electron chi connectivity index (χ4n) is 3.59. The van der Waals surface area contributed by atoms with Gasteiger partial charge >= 0.3 is 5.97 Å². The van der Waals surface area contributed by atoms with Gasteiger partial charge in [-0.15, -0.1) is 0 Å². The number of fused-ring (bicyclic) bond motifs is 2. The molecule has 6 heteroatoms. The van der Waals surface area contributed by atoms with Crippen LogP contribution >= 0.6 is 0 Å². The van der Waals surface area contributed by atoms with E-state index < -0.39 is 12.1 Å². The standard InChI is InChI=1S/C24H28FNO4/c1-4-7-8-9-10-16-14-18-22(27)17-13-15(5-2)11-12-19(17)30-23(18)26-21(16)20(25)24(28)29-6-3/h11-14,20H,4-10H2,1-3H3. The van der Waals surface area contributed by atoms with Crippen LogP contribution in [0.3, 0.4) is 0 Å². The summed E-state index contributed by atoms with van der Waals surface area (Å²) in [4.78, 5) is 29.4. The van der Waals surface area contributed by atoms with E-state index in [9.17, 15) is 14.0 Å². The van der Waals surface area contributed by atoms with Crippen molar-refractivity contribution in [1.82, 2.24) is 4.98 Å². The Morgan fingerprint density at radius 2 is 1.93 bits per heavy atom. The number of carbonyl (C=O) groups is 1. The SMILES string of the molecule is CCCCCCc1cc2c(=O)c3cc(CC)ccc3oc2nc1C(F)C(=O)OCC. The first kappa shape index (κ1) is 21.9. The molecule has 0 radical (unpaired) electrons. The Labute approximate surface area is 175 Å². The van der Waals surface area contributed by atoms with E-state index in [1.807, 2.05) is 19.1 Å². The Bertz CT molecular complexity index is 1110. The summed E-state index contributed by atoms with van der Waals surface area (Å²) in [7, 11) is 0. The summed E-state index contributed by atoms with van der Waals surface area (Å²) in [5.74, 6) is -0.977. The molecule has 0 saturated heterocycles. The van der Waals surface area contributed by atoms with Gasteiger partial charge in [-0.2, -0.15) is 0 Å². The third kappa shape index (κ3) is 4.53. The number of carbonyl (C=O) groups excluding carboxylic acids is 1. The van der Waals surface area contributed by atoms with Crippen molar-refractivity contribution in [3.05, 3.63) is 51.3 Å². The van der Waals surface area contributed by atoms with Gasteiger partial charge in [0.05, 0.1) is 23.1 Å². The van der Waals surface area contributed by atoms with E-state index in [0.717, 1.165) is 37.7 Å². The lowest BCUT2D eigenvalue weighted by molar-refractivity contribution is -0.149. The minimum atomic E-state index is -2.01. The van der Waals surface area contributed by atoms with Gasteiger partial charge in [-0.25, -0.2) is 14.2 Å². The average Bonchev–Trinajstić information content (AvgIpc) is 2.76.